The number of aliphatic hydroxyl groups excluding tert-OH is 1. The second-order valence-electron chi connectivity index (χ2n) is 9.60. The fourth-order valence-corrected chi connectivity index (χ4v) is 4.92. The minimum Gasteiger partial charge on any atom is -0.392 e. The Bertz CT molecular complexity index is 1320. The lowest BCUT2D eigenvalue weighted by Gasteiger charge is -2.32. The number of carbonyl (C=O) groups excluding carboxylic acids is 2. The third-order valence-corrected chi connectivity index (χ3v) is 7.10. The molecule has 0 spiro atoms. The molecule has 37 heavy (non-hydrogen) atoms. The van der Waals surface area contributed by atoms with Gasteiger partial charge in [0.25, 0.3) is 11.5 Å². The fraction of sp³-hybridized carbons (Fsp3) is 0.429. The number of likely N-dealkylation sites (tertiary alicyclic amines) is 1. The number of hydrogen-bond acceptors (Lipinski definition) is 6. The minimum atomic E-state index is -0.370. The molecule has 9 heteroatoms. The average molecular weight is 506 g/mol. The van der Waals surface area contributed by atoms with Gasteiger partial charge in [0.1, 0.15) is 0 Å². The Labute approximate surface area is 216 Å². The molecule has 4 rings (SSSR count). The zero-order valence-electron chi connectivity index (χ0n) is 21.7. The molecule has 1 fully saturated rings. The summed E-state index contributed by atoms with van der Waals surface area (Å²) in [6.07, 6.45) is 1.72. The van der Waals surface area contributed by atoms with Gasteiger partial charge >= 0.3 is 0 Å². The number of rotatable bonds is 9. The van der Waals surface area contributed by atoms with Gasteiger partial charge in [0, 0.05) is 45.3 Å². The number of aliphatic hydroxyl groups is 1. The highest BCUT2D eigenvalue weighted by Crippen LogP contribution is 2.25. The molecule has 9 nitrogen and oxygen atoms in total. The Morgan fingerprint density at radius 3 is 2.68 bits per heavy atom. The van der Waals surface area contributed by atoms with E-state index in [4.69, 9.17) is 0 Å². The highest BCUT2D eigenvalue weighted by Gasteiger charge is 2.29. The predicted molar refractivity (Wildman–Crippen MR) is 142 cm³/mol. The smallest absolute Gasteiger partial charge is 0.266 e. The number of aromatic amines is 1. The van der Waals surface area contributed by atoms with Gasteiger partial charge in [-0.15, -0.1) is 0 Å². The van der Waals surface area contributed by atoms with E-state index in [1.54, 1.807) is 29.0 Å². The van der Waals surface area contributed by atoms with Gasteiger partial charge in [-0.2, -0.15) is 0 Å². The van der Waals surface area contributed by atoms with E-state index in [0.29, 0.717) is 49.2 Å². The maximum absolute atomic E-state index is 13.5. The van der Waals surface area contributed by atoms with Gasteiger partial charge in [0.05, 0.1) is 35.8 Å². The zero-order valence-corrected chi connectivity index (χ0v) is 21.7. The topological polar surface area (TPSA) is 110 Å². The summed E-state index contributed by atoms with van der Waals surface area (Å²) in [5.74, 6) is -0.120. The van der Waals surface area contributed by atoms with E-state index in [9.17, 15) is 19.5 Å². The molecule has 0 unspecified atom stereocenters. The first-order chi connectivity index (χ1) is 17.8. The van der Waals surface area contributed by atoms with Crippen LogP contribution in [0.4, 0.5) is 0 Å². The van der Waals surface area contributed by atoms with Crippen molar-refractivity contribution in [1.29, 1.82) is 0 Å². The van der Waals surface area contributed by atoms with Gasteiger partial charge in [-0.25, -0.2) is 4.98 Å². The average Bonchev–Trinajstić information content (AvgIpc) is 3.31. The number of likely N-dealkylation sites (N-methyl/N-ethyl adjacent to an activating group) is 1. The van der Waals surface area contributed by atoms with Crippen molar-refractivity contribution >= 4 is 22.8 Å². The van der Waals surface area contributed by atoms with Crippen molar-refractivity contribution in [2.45, 2.75) is 38.8 Å². The molecule has 2 atom stereocenters. The number of H-pyrrole nitrogens is 1. The molecule has 196 valence electrons. The standard InChI is InChI=1S/C28H35N5O4/c1-4-33(5-2)28(37)21-8-6-7-20(15-21)25(18-32-12-11-22(34)17-32)31(3)27(36)14-19-9-10-23-24(13-19)30-26(35)16-29-23/h6-10,13,15-16,22,25,34H,4-5,11-12,14,17-18H2,1-3H3,(H,30,35)/t22-,25-/m1/s1. The monoisotopic (exact) mass is 505 g/mol. The summed E-state index contributed by atoms with van der Waals surface area (Å²) in [5.41, 5.74) is 3.20. The van der Waals surface area contributed by atoms with Gasteiger partial charge < -0.3 is 19.9 Å². The normalized spacial score (nSPS) is 16.6. The minimum absolute atomic E-state index is 0.0325. The van der Waals surface area contributed by atoms with Crippen LogP contribution in [0, 0.1) is 0 Å². The number of fused-ring (bicyclic) bond motifs is 1. The third-order valence-electron chi connectivity index (χ3n) is 7.10. The van der Waals surface area contributed by atoms with Crippen LogP contribution in [-0.2, 0) is 11.2 Å². The highest BCUT2D eigenvalue weighted by molar-refractivity contribution is 5.94. The van der Waals surface area contributed by atoms with Crippen LogP contribution < -0.4 is 5.56 Å². The maximum Gasteiger partial charge on any atom is 0.266 e. The van der Waals surface area contributed by atoms with Gasteiger partial charge in [0.2, 0.25) is 5.91 Å². The molecule has 1 aliphatic heterocycles. The number of nitrogens with zero attached hydrogens (tertiary/aromatic N) is 4. The van der Waals surface area contributed by atoms with Crippen molar-refractivity contribution in [2.24, 2.45) is 0 Å². The molecule has 0 aliphatic carbocycles. The Hall–Kier alpha value is -3.56. The van der Waals surface area contributed by atoms with E-state index in [-0.39, 0.29) is 35.9 Å². The van der Waals surface area contributed by atoms with Gasteiger partial charge in [-0.3, -0.25) is 19.3 Å². The summed E-state index contributed by atoms with van der Waals surface area (Å²) in [6, 6.07) is 12.6. The zero-order chi connectivity index (χ0) is 26.5. The van der Waals surface area contributed by atoms with Crippen molar-refractivity contribution in [3.8, 4) is 0 Å². The SMILES string of the molecule is CCN(CC)C(=O)c1cccc([C@@H](CN2CC[C@@H](O)C2)N(C)C(=O)Cc2ccc3ncc(=O)[nH]c3c2)c1. The van der Waals surface area contributed by atoms with Crippen LogP contribution in [0.25, 0.3) is 11.0 Å². The lowest BCUT2D eigenvalue weighted by Crippen LogP contribution is -2.39. The highest BCUT2D eigenvalue weighted by atomic mass is 16.3. The van der Waals surface area contributed by atoms with Crippen LogP contribution in [0.1, 0.15) is 47.8 Å². The molecular formula is C28H35N5O4. The molecule has 1 aromatic heterocycles. The molecule has 2 N–H and O–H groups in total. The number of aromatic nitrogens is 2. The Kier molecular flexibility index (Phi) is 8.35. The first kappa shape index (κ1) is 26.5. The largest absolute Gasteiger partial charge is 0.392 e. The number of carbonyl (C=O) groups is 2. The Morgan fingerprint density at radius 2 is 1.97 bits per heavy atom. The van der Waals surface area contributed by atoms with E-state index in [1.165, 1.54) is 6.20 Å². The molecule has 3 aromatic rings. The fourth-order valence-electron chi connectivity index (χ4n) is 4.92. The first-order valence-corrected chi connectivity index (χ1v) is 12.8. The molecule has 2 heterocycles. The van der Waals surface area contributed by atoms with Crippen LogP contribution in [0.2, 0.25) is 0 Å². The number of nitrogens with one attached hydrogen (secondary N) is 1. The second kappa shape index (κ2) is 11.7. The van der Waals surface area contributed by atoms with Crippen LogP contribution >= 0.6 is 0 Å². The van der Waals surface area contributed by atoms with Gasteiger partial charge in [0.15, 0.2) is 0 Å². The molecular weight excluding hydrogens is 470 g/mol. The summed E-state index contributed by atoms with van der Waals surface area (Å²) in [6.45, 7) is 7.02. The molecule has 0 saturated carbocycles. The summed E-state index contributed by atoms with van der Waals surface area (Å²) in [5, 5.41) is 10.1. The first-order valence-electron chi connectivity index (χ1n) is 12.8. The molecule has 2 aromatic carbocycles. The number of hydrogen-bond donors (Lipinski definition) is 2. The van der Waals surface area contributed by atoms with Gasteiger partial charge in [-0.05, 0) is 55.7 Å². The molecule has 1 saturated heterocycles. The maximum atomic E-state index is 13.5. The summed E-state index contributed by atoms with van der Waals surface area (Å²) in [4.78, 5) is 50.7. The Balaban J connectivity index is 1.60. The van der Waals surface area contributed by atoms with E-state index in [2.05, 4.69) is 14.9 Å². The molecule has 2 amide bonds. The van der Waals surface area contributed by atoms with Crippen LogP contribution in [0.5, 0.6) is 0 Å². The van der Waals surface area contributed by atoms with Crippen molar-refractivity contribution in [2.75, 3.05) is 39.8 Å². The van der Waals surface area contributed by atoms with Crippen molar-refractivity contribution in [3.63, 3.8) is 0 Å². The predicted octanol–water partition coefficient (Wildman–Crippen LogP) is 2.21. The van der Waals surface area contributed by atoms with Crippen molar-refractivity contribution in [1.82, 2.24) is 24.7 Å². The van der Waals surface area contributed by atoms with Crippen LogP contribution in [-0.4, -0.2) is 87.5 Å². The summed E-state index contributed by atoms with van der Waals surface area (Å²) >= 11 is 0. The lowest BCUT2D eigenvalue weighted by atomic mass is 10.0. The van der Waals surface area contributed by atoms with E-state index >= 15 is 0 Å². The van der Waals surface area contributed by atoms with Crippen molar-refractivity contribution in [3.05, 3.63) is 75.7 Å². The van der Waals surface area contributed by atoms with Crippen LogP contribution in [0.15, 0.2) is 53.5 Å². The summed E-state index contributed by atoms with van der Waals surface area (Å²) < 4.78 is 0. The number of β-amino-alcohol motifs (C(OH)–C–C–N with tert-alkyl or cyclic N) is 1. The molecule has 0 radical (unpaired) electrons. The van der Waals surface area contributed by atoms with Gasteiger partial charge in [-0.1, -0.05) is 18.2 Å². The quantitative estimate of drug-likeness (QED) is 0.462. The number of amides is 2. The van der Waals surface area contributed by atoms with E-state index in [0.717, 1.165) is 17.7 Å². The second-order valence-corrected chi connectivity index (χ2v) is 9.60. The Morgan fingerprint density at radius 1 is 1.19 bits per heavy atom. The summed E-state index contributed by atoms with van der Waals surface area (Å²) in [7, 11) is 1.78. The lowest BCUT2D eigenvalue weighted by molar-refractivity contribution is -0.131. The van der Waals surface area contributed by atoms with E-state index < -0.39 is 0 Å². The third kappa shape index (κ3) is 6.23. The number of benzene rings is 2. The molecule has 0 bridgehead atoms. The van der Waals surface area contributed by atoms with E-state index in [1.807, 2.05) is 44.2 Å². The van der Waals surface area contributed by atoms with Crippen molar-refractivity contribution < 1.29 is 14.7 Å². The van der Waals surface area contributed by atoms with Crippen LogP contribution in [0.3, 0.4) is 0 Å². The molecule has 1 aliphatic rings.